The van der Waals surface area contributed by atoms with Crippen LogP contribution in [0.2, 0.25) is 0 Å². The predicted octanol–water partition coefficient (Wildman–Crippen LogP) is 0.971. The Hall–Kier alpha value is -2.00. The number of ether oxygens (including phenoxy) is 1. The second-order valence-electron chi connectivity index (χ2n) is 3.54. The van der Waals surface area contributed by atoms with E-state index in [1.807, 2.05) is 0 Å². The van der Waals surface area contributed by atoms with Gasteiger partial charge in [-0.15, -0.1) is 6.42 Å². The average molecular weight is 267 g/mol. The molecule has 0 radical (unpaired) electrons. The van der Waals surface area contributed by atoms with E-state index < -0.39 is 21.2 Å². The van der Waals surface area contributed by atoms with Crippen LogP contribution in [0.5, 0.6) is 0 Å². The van der Waals surface area contributed by atoms with Gasteiger partial charge in [0.15, 0.2) is 5.25 Å². The molecular formula is C12H13NO4S. The molecule has 96 valence electrons. The minimum atomic E-state index is -3.84. The standard InChI is InChI=1S/C12H13NO4S/c1-4-10-6-5-7-11(8-10)13-18(15,16)9(2)12(14)17-3/h1,5-9,13H,2-3H3. The molecule has 0 spiro atoms. The molecule has 1 unspecified atom stereocenters. The van der Waals surface area contributed by atoms with E-state index in [0.29, 0.717) is 11.3 Å². The fourth-order valence-corrected chi connectivity index (χ4v) is 2.20. The number of anilines is 1. The van der Waals surface area contributed by atoms with E-state index in [2.05, 4.69) is 15.4 Å². The summed E-state index contributed by atoms with van der Waals surface area (Å²) in [5.41, 5.74) is 0.849. The lowest BCUT2D eigenvalue weighted by atomic mass is 10.2. The summed E-state index contributed by atoms with van der Waals surface area (Å²) in [6, 6.07) is 6.33. The van der Waals surface area contributed by atoms with E-state index in [0.717, 1.165) is 7.11 Å². The number of hydrogen-bond donors (Lipinski definition) is 1. The smallest absolute Gasteiger partial charge is 0.325 e. The quantitative estimate of drug-likeness (QED) is 0.651. The van der Waals surface area contributed by atoms with Crippen LogP contribution in [0, 0.1) is 12.3 Å². The highest BCUT2D eigenvalue weighted by molar-refractivity contribution is 7.94. The van der Waals surface area contributed by atoms with Crippen LogP contribution in [0.4, 0.5) is 5.69 Å². The topological polar surface area (TPSA) is 72.5 Å². The third kappa shape index (κ3) is 3.25. The SMILES string of the molecule is C#Cc1cccc(NS(=O)(=O)C(C)C(=O)OC)c1. The van der Waals surface area contributed by atoms with E-state index in [4.69, 9.17) is 6.42 Å². The maximum absolute atomic E-state index is 11.8. The summed E-state index contributed by atoms with van der Waals surface area (Å²) in [6.07, 6.45) is 5.21. The Morgan fingerprint density at radius 3 is 2.72 bits per heavy atom. The average Bonchev–Trinajstić information content (AvgIpc) is 2.36. The molecule has 0 amide bonds. The van der Waals surface area contributed by atoms with Gasteiger partial charge in [-0.3, -0.25) is 9.52 Å². The molecule has 0 fully saturated rings. The van der Waals surface area contributed by atoms with Crippen molar-refractivity contribution in [2.24, 2.45) is 0 Å². The number of hydrogen-bond acceptors (Lipinski definition) is 4. The lowest BCUT2D eigenvalue weighted by Gasteiger charge is -2.12. The van der Waals surface area contributed by atoms with Gasteiger partial charge in [-0.2, -0.15) is 0 Å². The summed E-state index contributed by atoms with van der Waals surface area (Å²) < 4.78 is 30.3. The zero-order valence-electron chi connectivity index (χ0n) is 10.0. The summed E-state index contributed by atoms with van der Waals surface area (Å²) in [6.45, 7) is 1.25. The van der Waals surface area contributed by atoms with Gasteiger partial charge in [0.1, 0.15) is 0 Å². The summed E-state index contributed by atoms with van der Waals surface area (Å²) in [7, 11) is -2.71. The van der Waals surface area contributed by atoms with Gasteiger partial charge in [0.05, 0.1) is 7.11 Å². The van der Waals surface area contributed by atoms with E-state index in [9.17, 15) is 13.2 Å². The number of rotatable bonds is 4. The van der Waals surface area contributed by atoms with Crippen molar-refractivity contribution < 1.29 is 17.9 Å². The van der Waals surface area contributed by atoms with Gasteiger partial charge >= 0.3 is 5.97 Å². The molecule has 18 heavy (non-hydrogen) atoms. The second-order valence-corrected chi connectivity index (χ2v) is 5.54. The summed E-state index contributed by atoms with van der Waals surface area (Å²) in [5.74, 6) is 1.57. The fourth-order valence-electron chi connectivity index (χ4n) is 1.22. The normalized spacial score (nSPS) is 12.3. The summed E-state index contributed by atoms with van der Waals surface area (Å²) in [5, 5.41) is -1.29. The highest BCUT2D eigenvalue weighted by atomic mass is 32.2. The van der Waals surface area contributed by atoms with Crippen LogP contribution in [-0.2, 0) is 19.6 Å². The molecule has 1 aromatic rings. The van der Waals surface area contributed by atoms with Crippen LogP contribution in [0.3, 0.4) is 0 Å². The number of esters is 1. The molecule has 6 heteroatoms. The Labute approximate surface area is 106 Å². The maximum atomic E-state index is 11.8. The largest absolute Gasteiger partial charge is 0.468 e. The molecule has 0 aromatic heterocycles. The van der Waals surface area contributed by atoms with Gasteiger partial charge in [0.25, 0.3) is 0 Å². The van der Waals surface area contributed by atoms with Gasteiger partial charge in [-0.05, 0) is 25.1 Å². The fraction of sp³-hybridized carbons (Fsp3) is 0.250. The van der Waals surface area contributed by atoms with Crippen molar-refractivity contribution in [3.63, 3.8) is 0 Å². The first-order valence-corrected chi connectivity index (χ1v) is 6.61. The van der Waals surface area contributed by atoms with Crippen molar-refractivity contribution in [1.82, 2.24) is 0 Å². The van der Waals surface area contributed by atoms with Crippen molar-refractivity contribution in [2.75, 3.05) is 11.8 Å². The zero-order chi connectivity index (χ0) is 13.8. The molecule has 0 aliphatic heterocycles. The number of benzene rings is 1. The van der Waals surface area contributed by atoms with Crippen molar-refractivity contribution in [3.8, 4) is 12.3 Å². The van der Waals surface area contributed by atoms with Crippen molar-refractivity contribution in [1.29, 1.82) is 0 Å². The molecule has 0 heterocycles. The third-order valence-corrected chi connectivity index (χ3v) is 3.93. The first-order chi connectivity index (χ1) is 8.40. The predicted molar refractivity (Wildman–Crippen MR) is 68.4 cm³/mol. The Bertz CT molecular complexity index is 586. The second kappa shape index (κ2) is 5.56. The van der Waals surface area contributed by atoms with Crippen molar-refractivity contribution in [3.05, 3.63) is 29.8 Å². The van der Waals surface area contributed by atoms with Crippen molar-refractivity contribution in [2.45, 2.75) is 12.2 Å². The molecule has 1 atom stereocenters. The Kier molecular flexibility index (Phi) is 4.34. The van der Waals surface area contributed by atoms with Crippen LogP contribution in [0.25, 0.3) is 0 Å². The van der Waals surface area contributed by atoms with E-state index >= 15 is 0 Å². The lowest BCUT2D eigenvalue weighted by Crippen LogP contribution is -2.33. The van der Waals surface area contributed by atoms with Gasteiger partial charge in [0, 0.05) is 11.3 Å². The summed E-state index contributed by atoms with van der Waals surface area (Å²) in [4.78, 5) is 11.2. The van der Waals surface area contributed by atoms with Gasteiger partial charge in [0.2, 0.25) is 10.0 Å². The van der Waals surface area contributed by atoms with Crippen LogP contribution in [0.1, 0.15) is 12.5 Å². The Morgan fingerprint density at radius 2 is 2.17 bits per heavy atom. The molecule has 1 aromatic carbocycles. The van der Waals surface area contributed by atoms with Gasteiger partial charge < -0.3 is 4.74 Å². The molecular weight excluding hydrogens is 254 g/mol. The molecule has 0 saturated carbocycles. The highest BCUT2D eigenvalue weighted by Crippen LogP contribution is 2.14. The minimum Gasteiger partial charge on any atom is -0.468 e. The highest BCUT2D eigenvalue weighted by Gasteiger charge is 2.28. The monoisotopic (exact) mass is 267 g/mol. The first-order valence-electron chi connectivity index (χ1n) is 5.07. The van der Waals surface area contributed by atoms with E-state index in [1.54, 1.807) is 18.2 Å². The van der Waals surface area contributed by atoms with E-state index in [-0.39, 0.29) is 0 Å². The number of methoxy groups -OCH3 is 1. The zero-order valence-corrected chi connectivity index (χ0v) is 10.8. The molecule has 0 aliphatic carbocycles. The van der Waals surface area contributed by atoms with Crippen LogP contribution >= 0.6 is 0 Å². The van der Waals surface area contributed by atoms with Crippen LogP contribution < -0.4 is 4.72 Å². The van der Waals surface area contributed by atoms with Crippen molar-refractivity contribution >= 4 is 21.7 Å². The number of terminal acetylenes is 1. The van der Waals surface area contributed by atoms with E-state index in [1.165, 1.54) is 13.0 Å². The molecule has 1 N–H and O–H groups in total. The van der Waals surface area contributed by atoms with Gasteiger partial charge in [-0.25, -0.2) is 8.42 Å². The molecule has 5 nitrogen and oxygen atoms in total. The molecule has 1 rings (SSSR count). The molecule has 0 aliphatic rings. The number of carbonyl (C=O) groups excluding carboxylic acids is 1. The first kappa shape index (κ1) is 14.1. The Morgan fingerprint density at radius 1 is 1.50 bits per heavy atom. The number of nitrogens with one attached hydrogen (secondary N) is 1. The summed E-state index contributed by atoms with van der Waals surface area (Å²) >= 11 is 0. The minimum absolute atomic E-state index is 0.307. The molecule has 0 bridgehead atoms. The van der Waals surface area contributed by atoms with Crippen LogP contribution in [0.15, 0.2) is 24.3 Å². The number of carbonyl (C=O) groups is 1. The lowest BCUT2D eigenvalue weighted by molar-refractivity contribution is -0.139. The number of sulfonamides is 1. The maximum Gasteiger partial charge on any atom is 0.325 e. The third-order valence-electron chi connectivity index (χ3n) is 2.29. The van der Waals surface area contributed by atoms with Gasteiger partial charge in [-0.1, -0.05) is 12.0 Å². The Balaban J connectivity index is 2.96. The molecule has 0 saturated heterocycles. The van der Waals surface area contributed by atoms with Crippen LogP contribution in [-0.4, -0.2) is 26.7 Å².